The van der Waals surface area contributed by atoms with Crippen molar-refractivity contribution in [2.75, 3.05) is 58.9 Å². The van der Waals surface area contributed by atoms with E-state index < -0.39 is 0 Å². The lowest BCUT2D eigenvalue weighted by Crippen LogP contribution is -2.54. The SMILES string of the molecule is O=C(CN1CCN(C(=O)C2CCCN(C(=O)c3cccs3)C2)CC1)N1CCCCC1. The predicted octanol–water partition coefficient (Wildman–Crippen LogP) is 1.76. The molecule has 0 aliphatic carbocycles. The molecule has 3 saturated heterocycles. The van der Waals surface area contributed by atoms with Crippen molar-refractivity contribution >= 4 is 29.1 Å². The second-order valence-corrected chi connectivity index (χ2v) is 9.56. The van der Waals surface area contributed by atoms with E-state index >= 15 is 0 Å². The molecule has 1 unspecified atom stereocenters. The minimum Gasteiger partial charge on any atom is -0.342 e. The summed E-state index contributed by atoms with van der Waals surface area (Å²) in [4.78, 5) is 46.9. The van der Waals surface area contributed by atoms with Gasteiger partial charge in [0.1, 0.15) is 0 Å². The summed E-state index contributed by atoms with van der Waals surface area (Å²) in [6, 6.07) is 3.74. The fourth-order valence-electron chi connectivity index (χ4n) is 4.74. The number of carbonyl (C=O) groups excluding carboxylic acids is 3. The molecule has 30 heavy (non-hydrogen) atoms. The average molecular weight is 433 g/mol. The maximum Gasteiger partial charge on any atom is 0.263 e. The summed E-state index contributed by atoms with van der Waals surface area (Å²) < 4.78 is 0. The quantitative estimate of drug-likeness (QED) is 0.727. The molecule has 0 radical (unpaired) electrons. The zero-order valence-corrected chi connectivity index (χ0v) is 18.4. The number of amides is 3. The van der Waals surface area contributed by atoms with Gasteiger partial charge in [-0.15, -0.1) is 11.3 Å². The van der Waals surface area contributed by atoms with E-state index in [2.05, 4.69) is 4.90 Å². The molecular weight excluding hydrogens is 400 g/mol. The van der Waals surface area contributed by atoms with Crippen molar-refractivity contribution in [1.82, 2.24) is 19.6 Å². The number of piperazine rings is 1. The molecule has 7 nitrogen and oxygen atoms in total. The molecule has 0 spiro atoms. The van der Waals surface area contributed by atoms with Crippen molar-refractivity contribution in [2.24, 2.45) is 5.92 Å². The molecule has 0 N–H and O–H groups in total. The average Bonchev–Trinajstić information content (AvgIpc) is 3.34. The molecule has 1 aromatic rings. The Hall–Kier alpha value is -1.93. The Morgan fingerprint density at radius 2 is 1.60 bits per heavy atom. The van der Waals surface area contributed by atoms with E-state index in [0.717, 1.165) is 63.3 Å². The molecule has 4 rings (SSSR count). The number of hydrogen-bond donors (Lipinski definition) is 0. The predicted molar refractivity (Wildman–Crippen MR) is 116 cm³/mol. The van der Waals surface area contributed by atoms with Gasteiger partial charge in [-0.25, -0.2) is 0 Å². The zero-order valence-electron chi connectivity index (χ0n) is 17.6. The Bertz CT molecular complexity index is 740. The van der Waals surface area contributed by atoms with Crippen LogP contribution in [0.5, 0.6) is 0 Å². The fourth-order valence-corrected chi connectivity index (χ4v) is 5.43. The van der Waals surface area contributed by atoms with E-state index in [9.17, 15) is 14.4 Å². The minimum absolute atomic E-state index is 0.0449. The van der Waals surface area contributed by atoms with Crippen LogP contribution in [0.3, 0.4) is 0 Å². The van der Waals surface area contributed by atoms with Crippen molar-refractivity contribution < 1.29 is 14.4 Å². The number of rotatable bonds is 4. The summed E-state index contributed by atoms with van der Waals surface area (Å²) in [7, 11) is 0. The van der Waals surface area contributed by atoms with Gasteiger partial charge in [0.2, 0.25) is 11.8 Å². The van der Waals surface area contributed by atoms with Gasteiger partial charge in [0.05, 0.1) is 17.3 Å². The molecule has 8 heteroatoms. The maximum absolute atomic E-state index is 13.1. The first-order chi connectivity index (χ1) is 14.6. The van der Waals surface area contributed by atoms with Crippen LogP contribution < -0.4 is 0 Å². The molecule has 164 valence electrons. The number of hydrogen-bond acceptors (Lipinski definition) is 5. The van der Waals surface area contributed by atoms with Crippen LogP contribution in [0.1, 0.15) is 41.8 Å². The fraction of sp³-hybridized carbons (Fsp3) is 0.682. The molecule has 0 bridgehead atoms. The summed E-state index contributed by atoms with van der Waals surface area (Å²) in [6.45, 7) is 6.32. The first-order valence-corrected chi connectivity index (χ1v) is 12.1. The summed E-state index contributed by atoms with van der Waals surface area (Å²) in [5.74, 6) is 0.331. The monoisotopic (exact) mass is 432 g/mol. The van der Waals surface area contributed by atoms with E-state index in [-0.39, 0.29) is 23.6 Å². The van der Waals surface area contributed by atoms with Gasteiger partial charge in [0, 0.05) is 52.4 Å². The van der Waals surface area contributed by atoms with Crippen molar-refractivity contribution in [2.45, 2.75) is 32.1 Å². The highest BCUT2D eigenvalue weighted by atomic mass is 32.1. The van der Waals surface area contributed by atoms with E-state index in [4.69, 9.17) is 0 Å². The van der Waals surface area contributed by atoms with Gasteiger partial charge in [-0.05, 0) is 43.6 Å². The van der Waals surface area contributed by atoms with Crippen LogP contribution in [0.2, 0.25) is 0 Å². The Balaban J connectivity index is 1.24. The smallest absolute Gasteiger partial charge is 0.263 e. The lowest BCUT2D eigenvalue weighted by Gasteiger charge is -2.39. The highest BCUT2D eigenvalue weighted by molar-refractivity contribution is 7.12. The Morgan fingerprint density at radius 3 is 2.30 bits per heavy atom. The zero-order chi connectivity index (χ0) is 20.9. The first kappa shape index (κ1) is 21.3. The van der Waals surface area contributed by atoms with Gasteiger partial charge < -0.3 is 14.7 Å². The standard InChI is InChI=1S/C22H32N4O3S/c27-20(24-8-2-1-3-9-24)17-23-11-13-25(14-12-23)21(28)18-6-4-10-26(16-18)22(29)19-7-5-15-30-19/h5,7,15,18H,1-4,6,8-14,16-17H2. The van der Waals surface area contributed by atoms with Crippen LogP contribution >= 0.6 is 11.3 Å². The Labute approximate surface area is 182 Å². The van der Waals surface area contributed by atoms with Crippen molar-refractivity contribution in [3.63, 3.8) is 0 Å². The van der Waals surface area contributed by atoms with Gasteiger partial charge in [0.25, 0.3) is 5.91 Å². The number of likely N-dealkylation sites (tertiary alicyclic amines) is 2. The third kappa shape index (κ3) is 5.03. The van der Waals surface area contributed by atoms with Crippen LogP contribution in [0.15, 0.2) is 17.5 Å². The van der Waals surface area contributed by atoms with Crippen LogP contribution in [0.4, 0.5) is 0 Å². The van der Waals surface area contributed by atoms with Crippen molar-refractivity contribution in [1.29, 1.82) is 0 Å². The molecule has 3 aliphatic rings. The third-order valence-corrected chi connectivity index (χ3v) is 7.40. The summed E-state index contributed by atoms with van der Waals surface area (Å²) in [6.07, 6.45) is 5.17. The van der Waals surface area contributed by atoms with Crippen molar-refractivity contribution in [3.8, 4) is 0 Å². The number of piperidine rings is 2. The van der Waals surface area contributed by atoms with Gasteiger partial charge in [-0.3, -0.25) is 19.3 Å². The van der Waals surface area contributed by atoms with Crippen molar-refractivity contribution in [3.05, 3.63) is 22.4 Å². The summed E-state index contributed by atoms with van der Waals surface area (Å²) in [5, 5.41) is 1.91. The van der Waals surface area contributed by atoms with Gasteiger partial charge >= 0.3 is 0 Å². The highest BCUT2D eigenvalue weighted by Gasteiger charge is 2.33. The third-order valence-electron chi connectivity index (χ3n) is 6.54. The van der Waals surface area contributed by atoms with Gasteiger partial charge in [0.15, 0.2) is 0 Å². The number of thiophene rings is 1. The van der Waals surface area contributed by atoms with E-state index in [0.29, 0.717) is 26.2 Å². The molecule has 1 aromatic heterocycles. The molecule has 4 heterocycles. The Kier molecular flexibility index (Phi) is 7.04. The molecule has 0 aromatic carbocycles. The van der Waals surface area contributed by atoms with Gasteiger partial charge in [-0.1, -0.05) is 6.07 Å². The van der Waals surface area contributed by atoms with Crippen LogP contribution in [-0.2, 0) is 9.59 Å². The lowest BCUT2D eigenvalue weighted by atomic mass is 9.96. The lowest BCUT2D eigenvalue weighted by molar-refractivity contribution is -0.139. The number of nitrogens with zero attached hydrogens (tertiary/aromatic N) is 4. The molecule has 3 fully saturated rings. The maximum atomic E-state index is 13.1. The second-order valence-electron chi connectivity index (χ2n) is 8.61. The minimum atomic E-state index is -0.107. The van der Waals surface area contributed by atoms with Crippen LogP contribution in [0, 0.1) is 5.92 Å². The molecule has 3 amide bonds. The molecule has 1 atom stereocenters. The Morgan fingerprint density at radius 1 is 0.867 bits per heavy atom. The summed E-state index contributed by atoms with van der Waals surface area (Å²) >= 11 is 1.45. The van der Waals surface area contributed by atoms with Crippen LogP contribution in [0.25, 0.3) is 0 Å². The second kappa shape index (κ2) is 9.92. The topological polar surface area (TPSA) is 64.2 Å². The largest absolute Gasteiger partial charge is 0.342 e. The normalized spacial score (nSPS) is 23.5. The number of carbonyl (C=O) groups is 3. The first-order valence-electron chi connectivity index (χ1n) is 11.2. The van der Waals surface area contributed by atoms with Crippen LogP contribution in [-0.4, -0.2) is 96.2 Å². The van der Waals surface area contributed by atoms with E-state index in [1.807, 2.05) is 32.2 Å². The molecular formula is C22H32N4O3S. The van der Waals surface area contributed by atoms with E-state index in [1.54, 1.807) is 0 Å². The summed E-state index contributed by atoms with van der Waals surface area (Å²) in [5.41, 5.74) is 0. The molecule has 3 aliphatic heterocycles. The highest BCUT2D eigenvalue weighted by Crippen LogP contribution is 2.23. The van der Waals surface area contributed by atoms with E-state index in [1.165, 1.54) is 17.8 Å². The van der Waals surface area contributed by atoms with Gasteiger partial charge in [-0.2, -0.15) is 0 Å². The molecule has 0 saturated carbocycles.